The minimum Gasteiger partial charge on any atom is -0.497 e. The van der Waals surface area contributed by atoms with Crippen molar-refractivity contribution in [2.75, 3.05) is 26.9 Å². The lowest BCUT2D eigenvalue weighted by atomic mass is 10.1. The third-order valence-corrected chi connectivity index (χ3v) is 6.82. The summed E-state index contributed by atoms with van der Waals surface area (Å²) in [6, 6.07) is 15.2. The molecule has 0 aliphatic rings. The van der Waals surface area contributed by atoms with Crippen LogP contribution in [0.2, 0.25) is 0 Å². The van der Waals surface area contributed by atoms with Crippen molar-refractivity contribution >= 4 is 13.7 Å². The van der Waals surface area contributed by atoms with E-state index in [0.29, 0.717) is 25.3 Å². The molecule has 220 valence electrons. The normalized spacial score (nSPS) is 11.1. The highest BCUT2D eigenvalue weighted by molar-refractivity contribution is 7.46. The molecule has 0 fully saturated rings. The molecule has 0 unspecified atom stereocenters. The Kier molecular flexibility index (Phi) is 17.4. The summed E-state index contributed by atoms with van der Waals surface area (Å²) < 4.78 is 26.8. The van der Waals surface area contributed by atoms with Crippen LogP contribution >= 0.6 is 7.82 Å². The van der Waals surface area contributed by atoms with Gasteiger partial charge in [0.15, 0.2) is 0 Å². The second kappa shape index (κ2) is 19.6. The number of nitrogens with zero attached hydrogens (tertiary/aromatic N) is 1. The monoisotopic (exact) mass is 566 g/mol. The largest absolute Gasteiger partial charge is 0.497 e. The second-order valence-corrected chi connectivity index (χ2v) is 10.7. The first-order chi connectivity index (χ1) is 18.3. The molecule has 0 saturated heterocycles. The molecular weight excluding hydrogens is 519 g/mol. The molecule has 39 heavy (non-hydrogen) atoms. The second-order valence-electron chi connectivity index (χ2n) is 9.46. The van der Waals surface area contributed by atoms with Gasteiger partial charge in [-0.25, -0.2) is 4.57 Å². The number of rotatable bonds is 20. The maximum atomic E-state index is 13.1. The van der Waals surface area contributed by atoms with Gasteiger partial charge < -0.3 is 30.3 Å². The Labute approximate surface area is 233 Å². The summed E-state index contributed by atoms with van der Waals surface area (Å²) in [6.45, 7) is 3.03. The topological polar surface area (TPSA) is 141 Å². The van der Waals surface area contributed by atoms with Crippen LogP contribution in [0.5, 0.6) is 11.5 Å². The van der Waals surface area contributed by atoms with Crippen molar-refractivity contribution in [2.45, 2.75) is 77.7 Å². The van der Waals surface area contributed by atoms with E-state index in [-0.39, 0.29) is 31.6 Å². The number of phosphoric acid groups is 1. The minimum atomic E-state index is -4.60. The van der Waals surface area contributed by atoms with Gasteiger partial charge in [-0.1, -0.05) is 76.1 Å². The maximum absolute atomic E-state index is 13.1. The fourth-order valence-corrected chi connectivity index (χ4v) is 4.46. The van der Waals surface area contributed by atoms with E-state index in [1.807, 2.05) is 48.5 Å². The Morgan fingerprint density at radius 2 is 1.54 bits per heavy atom. The Morgan fingerprint density at radius 3 is 2.18 bits per heavy atom. The molecule has 0 atom stereocenters. The van der Waals surface area contributed by atoms with E-state index >= 15 is 0 Å². The fraction of sp³-hybridized carbons (Fsp3) is 0.552. The van der Waals surface area contributed by atoms with Gasteiger partial charge in [0.05, 0.1) is 20.3 Å². The average molecular weight is 567 g/mol. The van der Waals surface area contributed by atoms with Crippen molar-refractivity contribution in [3.8, 4) is 11.5 Å². The van der Waals surface area contributed by atoms with Crippen LogP contribution in [0.1, 0.15) is 75.8 Å². The smallest absolute Gasteiger partial charge is 0.469 e. The number of ether oxygens (including phenoxy) is 2. The maximum Gasteiger partial charge on any atom is 0.469 e. The number of methoxy groups -OCH3 is 1. The fourth-order valence-electron chi connectivity index (χ4n) is 4.14. The molecule has 5 N–H and O–H groups in total. The summed E-state index contributed by atoms with van der Waals surface area (Å²) in [4.78, 5) is 32.6. The quantitative estimate of drug-likeness (QED) is 0.123. The predicted octanol–water partition coefficient (Wildman–Crippen LogP) is 6.45. The van der Waals surface area contributed by atoms with E-state index < -0.39 is 7.82 Å². The Morgan fingerprint density at radius 1 is 0.872 bits per heavy atom. The third-order valence-electron chi connectivity index (χ3n) is 6.30. The van der Waals surface area contributed by atoms with Crippen molar-refractivity contribution in [1.29, 1.82) is 0 Å². The van der Waals surface area contributed by atoms with Crippen molar-refractivity contribution in [1.82, 2.24) is 11.1 Å². The van der Waals surface area contributed by atoms with Gasteiger partial charge in [-0.15, -0.1) is 0 Å². The molecule has 0 radical (unpaired) electrons. The highest BCUT2D eigenvalue weighted by Crippen LogP contribution is 2.35. The van der Waals surface area contributed by atoms with E-state index in [9.17, 15) is 9.36 Å². The van der Waals surface area contributed by atoms with Crippen LogP contribution in [0.25, 0.3) is 0 Å². The molecule has 2 aromatic carbocycles. The van der Waals surface area contributed by atoms with Crippen LogP contribution in [0.3, 0.4) is 0 Å². The SMILES string of the molecule is CCCCCCCCCCOc1cccc(CCC(=O)N(CCOP(=O)(O)O)Cc2ccc(OC)cc2)c1.N. The van der Waals surface area contributed by atoms with E-state index in [1.54, 1.807) is 12.0 Å². The van der Waals surface area contributed by atoms with E-state index in [4.69, 9.17) is 19.3 Å². The summed E-state index contributed by atoms with van der Waals surface area (Å²) in [5.74, 6) is 1.39. The molecule has 0 bridgehead atoms. The summed E-state index contributed by atoms with van der Waals surface area (Å²) in [5.41, 5.74) is 1.88. The first-order valence-electron chi connectivity index (χ1n) is 13.6. The lowest BCUT2D eigenvalue weighted by Crippen LogP contribution is -2.33. The number of amides is 1. The van der Waals surface area contributed by atoms with Crippen LogP contribution in [0.4, 0.5) is 0 Å². The molecule has 9 nitrogen and oxygen atoms in total. The Balaban J connectivity index is 0.00000760. The van der Waals surface area contributed by atoms with Crippen LogP contribution < -0.4 is 15.6 Å². The summed E-state index contributed by atoms with van der Waals surface area (Å²) in [6.07, 6.45) is 10.8. The van der Waals surface area contributed by atoms with Gasteiger partial charge in [-0.3, -0.25) is 9.32 Å². The molecule has 2 aromatic rings. The van der Waals surface area contributed by atoms with E-state index in [2.05, 4.69) is 11.4 Å². The molecule has 1 amide bonds. The lowest BCUT2D eigenvalue weighted by Gasteiger charge is -2.23. The van der Waals surface area contributed by atoms with Crippen molar-refractivity contribution in [3.63, 3.8) is 0 Å². The molecule has 0 aromatic heterocycles. The summed E-state index contributed by atoms with van der Waals surface area (Å²) in [7, 11) is -3.02. The Hall–Kier alpha value is -2.42. The van der Waals surface area contributed by atoms with Gasteiger partial charge >= 0.3 is 7.82 Å². The summed E-state index contributed by atoms with van der Waals surface area (Å²) >= 11 is 0. The zero-order valence-electron chi connectivity index (χ0n) is 23.6. The van der Waals surface area contributed by atoms with Crippen LogP contribution in [-0.2, 0) is 26.8 Å². The van der Waals surface area contributed by atoms with Crippen molar-refractivity contribution < 1.29 is 33.1 Å². The number of aryl methyl sites for hydroxylation is 1. The molecular formula is C29H47N2O7P. The van der Waals surface area contributed by atoms with E-state index in [0.717, 1.165) is 23.3 Å². The van der Waals surface area contributed by atoms with Gasteiger partial charge in [0.2, 0.25) is 5.91 Å². The predicted molar refractivity (Wildman–Crippen MR) is 154 cm³/mol. The van der Waals surface area contributed by atoms with E-state index in [1.165, 1.54) is 44.9 Å². The van der Waals surface area contributed by atoms with Gasteiger partial charge in [0, 0.05) is 19.5 Å². The van der Waals surface area contributed by atoms with Gasteiger partial charge in [-0.05, 0) is 48.2 Å². The molecule has 10 heteroatoms. The molecule has 0 spiro atoms. The summed E-state index contributed by atoms with van der Waals surface area (Å²) in [5, 5.41) is 0. The third kappa shape index (κ3) is 15.7. The number of carbonyl (C=O) groups is 1. The number of benzene rings is 2. The number of phosphoric ester groups is 1. The number of carbonyl (C=O) groups excluding carboxylic acids is 1. The molecule has 0 saturated carbocycles. The lowest BCUT2D eigenvalue weighted by molar-refractivity contribution is -0.132. The number of unbranched alkanes of at least 4 members (excludes halogenated alkanes) is 7. The zero-order chi connectivity index (χ0) is 27.6. The van der Waals surface area contributed by atoms with Gasteiger partial charge in [0.1, 0.15) is 11.5 Å². The zero-order valence-corrected chi connectivity index (χ0v) is 24.4. The minimum absolute atomic E-state index is 0. The standard InChI is InChI=1S/C29H44NO7P.H3N/c1-3-4-5-6-7-8-9-10-21-36-28-13-11-12-25(23-28)16-19-29(31)30(20-22-37-38(32,33)34)24-26-14-17-27(35-2)18-15-26;/h11-15,17-18,23H,3-10,16,19-22,24H2,1-2H3,(H2,32,33,34);1H3. The molecule has 2 rings (SSSR count). The van der Waals surface area contributed by atoms with Crippen LogP contribution in [0, 0.1) is 0 Å². The molecule has 0 heterocycles. The highest BCUT2D eigenvalue weighted by atomic mass is 31.2. The van der Waals surface area contributed by atoms with Crippen LogP contribution in [-0.4, -0.2) is 47.5 Å². The average Bonchev–Trinajstić information content (AvgIpc) is 2.90. The highest BCUT2D eigenvalue weighted by Gasteiger charge is 2.18. The van der Waals surface area contributed by atoms with Crippen molar-refractivity contribution in [3.05, 3.63) is 59.7 Å². The van der Waals surface area contributed by atoms with Gasteiger partial charge in [0.25, 0.3) is 0 Å². The van der Waals surface area contributed by atoms with Crippen molar-refractivity contribution in [2.24, 2.45) is 0 Å². The number of hydrogen-bond acceptors (Lipinski definition) is 6. The first kappa shape index (κ1) is 34.6. The molecule has 0 aliphatic carbocycles. The first-order valence-corrected chi connectivity index (χ1v) is 15.2. The number of hydrogen-bond donors (Lipinski definition) is 3. The van der Waals surface area contributed by atoms with Gasteiger partial charge in [-0.2, -0.15) is 0 Å². The van der Waals surface area contributed by atoms with Crippen LogP contribution in [0.15, 0.2) is 48.5 Å². The Bertz CT molecular complexity index is 982. The molecule has 0 aliphatic heterocycles.